The lowest BCUT2D eigenvalue weighted by molar-refractivity contribution is -0.185. The molecule has 28 heavy (non-hydrogen) atoms. The smallest absolute Gasteiger partial charge is 0.201 e. The average Bonchev–Trinajstić information content (AvgIpc) is 3.44. The molecule has 0 bridgehead atoms. The van der Waals surface area contributed by atoms with E-state index in [1.165, 1.54) is 30.3 Å². The fraction of sp³-hybridized carbons (Fsp3) is 0.300. The van der Waals surface area contributed by atoms with Gasteiger partial charge in [-0.2, -0.15) is 0 Å². The second-order valence-electron chi connectivity index (χ2n) is 7.14. The van der Waals surface area contributed by atoms with Gasteiger partial charge in [0.25, 0.3) is 0 Å². The largest absolute Gasteiger partial charge is 0.507 e. The first kappa shape index (κ1) is 17.3. The number of aromatic hydroxyl groups is 2. The third-order valence-corrected chi connectivity index (χ3v) is 5.25. The zero-order valence-corrected chi connectivity index (χ0v) is 14.6. The molecule has 1 aliphatic carbocycles. The molecule has 2 heterocycles. The van der Waals surface area contributed by atoms with Crippen molar-refractivity contribution in [3.05, 3.63) is 58.1 Å². The van der Waals surface area contributed by atoms with E-state index in [2.05, 4.69) is 0 Å². The molecule has 2 aliphatic heterocycles. The van der Waals surface area contributed by atoms with Crippen LogP contribution in [0.15, 0.2) is 30.3 Å². The zero-order valence-electron chi connectivity index (χ0n) is 14.6. The Kier molecular flexibility index (Phi) is 3.78. The van der Waals surface area contributed by atoms with Crippen LogP contribution >= 0.6 is 0 Å². The summed E-state index contributed by atoms with van der Waals surface area (Å²) in [6, 6.07) is 7.02. The highest BCUT2D eigenvalue weighted by Crippen LogP contribution is 2.38. The predicted octanol–water partition coefficient (Wildman–Crippen LogP) is 1.19. The second kappa shape index (κ2) is 6.11. The Bertz CT molecular complexity index is 1020. The number of benzene rings is 2. The van der Waals surface area contributed by atoms with Gasteiger partial charge in [-0.25, -0.2) is 0 Å². The fourth-order valence-corrected chi connectivity index (χ4v) is 3.80. The Morgan fingerprint density at radius 1 is 1.04 bits per heavy atom. The molecule has 4 N–H and O–H groups in total. The van der Waals surface area contributed by atoms with Gasteiger partial charge >= 0.3 is 0 Å². The molecular weight excluding hydrogens is 366 g/mol. The first-order valence-electron chi connectivity index (χ1n) is 8.89. The Morgan fingerprint density at radius 2 is 1.82 bits per heavy atom. The summed E-state index contributed by atoms with van der Waals surface area (Å²) in [7, 11) is 0. The number of carbonyl (C=O) groups excluding carboxylic acids is 2. The van der Waals surface area contributed by atoms with Crippen LogP contribution < -0.4 is 5.73 Å². The van der Waals surface area contributed by atoms with Gasteiger partial charge in [-0.3, -0.25) is 9.59 Å². The average molecular weight is 383 g/mol. The molecule has 0 radical (unpaired) electrons. The number of epoxide rings is 1. The monoisotopic (exact) mass is 383 g/mol. The van der Waals surface area contributed by atoms with E-state index in [1.54, 1.807) is 0 Å². The standard InChI is InChI=1S/C20H17NO7/c21-11-6-14(27-20-19(11)28-20)26-7-8-4-10-16(13(23)5-8)18(25)15-9(17(10)24)2-1-3-12(15)22/h1-5,11,14,19-20,22-23H,6-7,21H2/t11?,14-,19-,20?/m1/s1. The maximum absolute atomic E-state index is 12.8. The molecule has 0 spiro atoms. The lowest BCUT2D eigenvalue weighted by Crippen LogP contribution is -2.39. The molecule has 2 aromatic carbocycles. The predicted molar refractivity (Wildman–Crippen MR) is 94.0 cm³/mol. The van der Waals surface area contributed by atoms with E-state index >= 15 is 0 Å². The van der Waals surface area contributed by atoms with Gasteiger partial charge in [-0.1, -0.05) is 12.1 Å². The number of nitrogens with two attached hydrogens (primary N) is 1. The summed E-state index contributed by atoms with van der Waals surface area (Å²) in [6.45, 7) is 0.0595. The van der Waals surface area contributed by atoms with Gasteiger partial charge in [0, 0.05) is 23.6 Å². The van der Waals surface area contributed by atoms with Crippen molar-refractivity contribution in [3.63, 3.8) is 0 Å². The normalized spacial score (nSPS) is 27.8. The topological polar surface area (TPSA) is 132 Å². The third-order valence-electron chi connectivity index (χ3n) is 5.25. The number of phenols is 2. The number of rotatable bonds is 3. The fourth-order valence-electron chi connectivity index (χ4n) is 3.80. The Balaban J connectivity index is 1.42. The molecule has 0 saturated carbocycles. The Labute approximate surface area is 159 Å². The van der Waals surface area contributed by atoms with E-state index in [9.17, 15) is 19.8 Å². The summed E-state index contributed by atoms with van der Waals surface area (Å²) in [5, 5.41) is 20.4. The molecule has 0 amide bonds. The highest BCUT2D eigenvalue weighted by Gasteiger charge is 2.51. The highest BCUT2D eigenvalue weighted by atomic mass is 16.8. The number of ketones is 2. The molecule has 144 valence electrons. The van der Waals surface area contributed by atoms with Gasteiger partial charge in [0.05, 0.1) is 17.7 Å². The van der Waals surface area contributed by atoms with Gasteiger partial charge in [0.15, 0.2) is 18.4 Å². The molecule has 3 aliphatic rings. The number of hydrogen-bond acceptors (Lipinski definition) is 8. The molecule has 0 aromatic heterocycles. The van der Waals surface area contributed by atoms with Crippen LogP contribution in [0.25, 0.3) is 0 Å². The molecule has 2 unspecified atom stereocenters. The Hall–Kier alpha value is -2.78. The van der Waals surface area contributed by atoms with Crippen molar-refractivity contribution < 1.29 is 34.0 Å². The summed E-state index contributed by atoms with van der Waals surface area (Å²) in [4.78, 5) is 25.6. The minimum Gasteiger partial charge on any atom is -0.507 e. The summed E-state index contributed by atoms with van der Waals surface area (Å²) in [6.07, 6.45) is -0.490. The van der Waals surface area contributed by atoms with Crippen LogP contribution in [0.1, 0.15) is 43.8 Å². The van der Waals surface area contributed by atoms with Crippen molar-refractivity contribution in [2.45, 2.75) is 37.8 Å². The first-order chi connectivity index (χ1) is 13.4. The van der Waals surface area contributed by atoms with Crippen LogP contribution in [0, 0.1) is 0 Å². The van der Waals surface area contributed by atoms with Crippen LogP contribution in [0.4, 0.5) is 0 Å². The third kappa shape index (κ3) is 2.61. The molecule has 2 fully saturated rings. The molecule has 8 nitrogen and oxygen atoms in total. The van der Waals surface area contributed by atoms with E-state index in [4.69, 9.17) is 19.9 Å². The van der Waals surface area contributed by atoms with Crippen LogP contribution in [-0.2, 0) is 20.8 Å². The second-order valence-corrected chi connectivity index (χ2v) is 7.14. The maximum Gasteiger partial charge on any atom is 0.201 e. The van der Waals surface area contributed by atoms with E-state index in [0.29, 0.717) is 12.0 Å². The molecule has 4 atom stereocenters. The molecular formula is C20H17NO7. The summed E-state index contributed by atoms with van der Waals surface area (Å²) < 4.78 is 16.5. The quantitative estimate of drug-likeness (QED) is 0.575. The maximum atomic E-state index is 12.8. The molecule has 5 rings (SSSR count). The van der Waals surface area contributed by atoms with Crippen molar-refractivity contribution in [2.75, 3.05) is 0 Å². The van der Waals surface area contributed by atoms with E-state index in [-0.39, 0.29) is 58.8 Å². The summed E-state index contributed by atoms with van der Waals surface area (Å²) in [5.41, 5.74) is 6.44. The number of fused-ring (bicyclic) bond motifs is 3. The van der Waals surface area contributed by atoms with Gasteiger partial charge in [0.1, 0.15) is 17.6 Å². The van der Waals surface area contributed by atoms with Crippen molar-refractivity contribution in [2.24, 2.45) is 5.73 Å². The van der Waals surface area contributed by atoms with Gasteiger partial charge in [0.2, 0.25) is 5.78 Å². The van der Waals surface area contributed by atoms with Gasteiger partial charge in [-0.05, 0) is 23.8 Å². The number of hydrogen-bond donors (Lipinski definition) is 3. The summed E-state index contributed by atoms with van der Waals surface area (Å²) >= 11 is 0. The van der Waals surface area contributed by atoms with Crippen molar-refractivity contribution in [1.82, 2.24) is 0 Å². The highest BCUT2D eigenvalue weighted by molar-refractivity contribution is 6.30. The lowest BCUT2D eigenvalue weighted by Gasteiger charge is -2.24. The van der Waals surface area contributed by atoms with Crippen molar-refractivity contribution >= 4 is 11.6 Å². The molecule has 2 aromatic rings. The zero-order chi connectivity index (χ0) is 19.6. The molecule has 8 heteroatoms. The van der Waals surface area contributed by atoms with Gasteiger partial charge in [-0.15, -0.1) is 0 Å². The van der Waals surface area contributed by atoms with Gasteiger partial charge < -0.3 is 30.2 Å². The van der Waals surface area contributed by atoms with Crippen LogP contribution in [0.5, 0.6) is 11.5 Å². The number of phenolic OH excluding ortho intramolecular Hbond substituents is 2. The van der Waals surface area contributed by atoms with E-state index in [1.807, 2.05) is 0 Å². The van der Waals surface area contributed by atoms with Crippen LogP contribution in [0.3, 0.4) is 0 Å². The number of ether oxygens (including phenoxy) is 3. The minimum atomic E-state index is -0.592. The lowest BCUT2D eigenvalue weighted by atomic mass is 9.82. The van der Waals surface area contributed by atoms with Crippen molar-refractivity contribution in [1.29, 1.82) is 0 Å². The van der Waals surface area contributed by atoms with Crippen molar-refractivity contribution in [3.8, 4) is 11.5 Å². The van der Waals surface area contributed by atoms with E-state index < -0.39 is 17.9 Å². The number of carbonyl (C=O) groups is 2. The van der Waals surface area contributed by atoms with E-state index in [0.717, 1.165) is 0 Å². The summed E-state index contributed by atoms with van der Waals surface area (Å²) in [5.74, 6) is -1.66. The molecule has 2 saturated heterocycles. The minimum absolute atomic E-state index is 0.0595. The van der Waals surface area contributed by atoms with Crippen LogP contribution in [0.2, 0.25) is 0 Å². The SMILES string of the molecule is NC1C[C@H](OCc2cc(O)c3c(c2)C(=O)c2cccc(O)c2C3=O)OC2O[C@H]12. The Morgan fingerprint density at radius 3 is 2.61 bits per heavy atom. The van der Waals surface area contributed by atoms with Crippen LogP contribution in [-0.4, -0.2) is 46.5 Å². The first-order valence-corrected chi connectivity index (χ1v) is 8.89.